The first-order valence-corrected chi connectivity index (χ1v) is 6.25. The molecule has 0 bridgehead atoms. The molecule has 1 N–H and O–H groups in total. The van der Waals surface area contributed by atoms with Crippen LogP contribution in [0.25, 0.3) is 0 Å². The summed E-state index contributed by atoms with van der Waals surface area (Å²) in [5, 5.41) is 10.9. The molecule has 0 fully saturated rings. The Labute approximate surface area is 117 Å². The van der Waals surface area contributed by atoms with E-state index in [9.17, 15) is 5.11 Å². The first-order valence-electron chi connectivity index (χ1n) is 5.87. The second-order valence-electron chi connectivity index (χ2n) is 4.69. The zero-order chi connectivity index (χ0) is 13.9. The Kier molecular flexibility index (Phi) is 4.02. The minimum absolute atomic E-state index is 0.474. The highest BCUT2D eigenvalue weighted by atomic mass is 35.5. The predicted octanol–water partition coefficient (Wildman–Crippen LogP) is 3.02. The van der Waals surface area contributed by atoms with Crippen LogP contribution in [0.4, 0.5) is 0 Å². The summed E-state index contributed by atoms with van der Waals surface area (Å²) >= 11 is 5.82. The van der Waals surface area contributed by atoms with Crippen molar-refractivity contribution in [2.75, 3.05) is 0 Å². The lowest BCUT2D eigenvalue weighted by Crippen LogP contribution is -2.36. The molecule has 0 aliphatic carbocycles. The molecule has 5 heteroatoms. The largest absolute Gasteiger partial charge is 0.485 e. The number of aliphatic hydroxyl groups excluding tert-OH is 1. The van der Waals surface area contributed by atoms with Crippen molar-refractivity contribution in [3.8, 4) is 5.75 Å². The number of hydrogen-bond acceptors (Lipinski definition) is 4. The first kappa shape index (κ1) is 13.8. The van der Waals surface area contributed by atoms with Crippen molar-refractivity contribution in [1.82, 2.24) is 9.97 Å². The van der Waals surface area contributed by atoms with Crippen LogP contribution in [0.3, 0.4) is 0 Å². The Morgan fingerprint density at radius 1 is 1.21 bits per heavy atom. The van der Waals surface area contributed by atoms with Gasteiger partial charge in [-0.3, -0.25) is 9.97 Å². The van der Waals surface area contributed by atoms with Crippen LogP contribution in [-0.4, -0.2) is 20.7 Å². The summed E-state index contributed by atoms with van der Waals surface area (Å²) in [7, 11) is 0. The number of benzene rings is 1. The smallest absolute Gasteiger partial charge is 0.136 e. The molecule has 19 heavy (non-hydrogen) atoms. The monoisotopic (exact) mass is 278 g/mol. The van der Waals surface area contributed by atoms with Crippen LogP contribution in [0, 0.1) is 0 Å². The summed E-state index contributed by atoms with van der Waals surface area (Å²) in [5.74, 6) is 0.636. The predicted molar refractivity (Wildman–Crippen MR) is 73.2 cm³/mol. The quantitative estimate of drug-likeness (QED) is 0.934. The highest BCUT2D eigenvalue weighted by molar-refractivity contribution is 6.30. The van der Waals surface area contributed by atoms with Crippen LogP contribution in [-0.2, 0) is 0 Å². The second kappa shape index (κ2) is 5.55. The van der Waals surface area contributed by atoms with Gasteiger partial charge in [0.25, 0.3) is 0 Å². The van der Waals surface area contributed by atoms with Crippen molar-refractivity contribution in [2.45, 2.75) is 25.6 Å². The van der Waals surface area contributed by atoms with Crippen molar-refractivity contribution in [3.63, 3.8) is 0 Å². The molecule has 1 aromatic carbocycles. The highest BCUT2D eigenvalue weighted by Crippen LogP contribution is 2.29. The maximum atomic E-state index is 10.3. The summed E-state index contributed by atoms with van der Waals surface area (Å²) in [6.45, 7) is 3.59. The molecule has 1 heterocycles. The van der Waals surface area contributed by atoms with Crippen molar-refractivity contribution in [1.29, 1.82) is 0 Å². The van der Waals surface area contributed by atoms with Gasteiger partial charge in [-0.25, -0.2) is 0 Å². The van der Waals surface area contributed by atoms with Gasteiger partial charge in [-0.15, -0.1) is 0 Å². The minimum Gasteiger partial charge on any atom is -0.485 e. The van der Waals surface area contributed by atoms with E-state index in [1.165, 1.54) is 12.4 Å². The lowest BCUT2D eigenvalue weighted by atomic mass is 9.99. The zero-order valence-corrected chi connectivity index (χ0v) is 11.5. The van der Waals surface area contributed by atoms with Gasteiger partial charge in [0.15, 0.2) is 0 Å². The molecule has 0 spiro atoms. The van der Waals surface area contributed by atoms with Gasteiger partial charge in [0.2, 0.25) is 0 Å². The molecule has 0 radical (unpaired) electrons. The zero-order valence-electron chi connectivity index (χ0n) is 10.7. The Morgan fingerprint density at radius 2 is 1.89 bits per heavy atom. The van der Waals surface area contributed by atoms with Gasteiger partial charge in [0.05, 0.1) is 11.9 Å². The van der Waals surface area contributed by atoms with E-state index < -0.39 is 11.7 Å². The van der Waals surface area contributed by atoms with E-state index in [-0.39, 0.29) is 0 Å². The number of nitrogens with zero attached hydrogens (tertiary/aromatic N) is 2. The summed E-state index contributed by atoms with van der Waals surface area (Å²) in [6, 6.07) is 6.99. The average molecular weight is 279 g/mol. The highest BCUT2D eigenvalue weighted by Gasteiger charge is 2.32. The molecule has 1 unspecified atom stereocenters. The maximum Gasteiger partial charge on any atom is 0.136 e. The molecule has 4 nitrogen and oxygen atoms in total. The van der Waals surface area contributed by atoms with Crippen molar-refractivity contribution in [2.24, 2.45) is 0 Å². The molecule has 0 saturated heterocycles. The Balaban J connectivity index is 2.15. The number of aromatic nitrogens is 2. The molecule has 0 aliphatic heterocycles. The van der Waals surface area contributed by atoms with E-state index in [1.807, 2.05) is 0 Å². The molecule has 1 atom stereocenters. The fourth-order valence-corrected chi connectivity index (χ4v) is 1.80. The van der Waals surface area contributed by atoms with Gasteiger partial charge in [0.1, 0.15) is 17.5 Å². The second-order valence-corrected chi connectivity index (χ2v) is 5.13. The summed E-state index contributed by atoms with van der Waals surface area (Å²) in [4.78, 5) is 8.03. The molecular weight excluding hydrogens is 264 g/mol. The third-order valence-corrected chi connectivity index (χ3v) is 2.97. The van der Waals surface area contributed by atoms with Crippen LogP contribution >= 0.6 is 11.6 Å². The molecule has 1 aromatic heterocycles. The lowest BCUT2D eigenvalue weighted by Gasteiger charge is -2.31. The van der Waals surface area contributed by atoms with Crippen LogP contribution in [0.1, 0.15) is 25.6 Å². The fourth-order valence-electron chi connectivity index (χ4n) is 1.67. The van der Waals surface area contributed by atoms with Crippen LogP contribution in [0.5, 0.6) is 5.75 Å². The molecule has 0 aliphatic rings. The average Bonchev–Trinajstić information content (AvgIpc) is 2.41. The number of ether oxygens (including phenoxy) is 1. The van der Waals surface area contributed by atoms with E-state index in [2.05, 4.69) is 9.97 Å². The Hall–Kier alpha value is -1.65. The summed E-state index contributed by atoms with van der Waals surface area (Å²) < 4.78 is 5.80. The molecule has 2 rings (SSSR count). The van der Waals surface area contributed by atoms with Gasteiger partial charge in [-0.05, 0) is 38.1 Å². The van der Waals surface area contributed by atoms with Crippen LogP contribution in [0.15, 0.2) is 42.9 Å². The third-order valence-electron chi connectivity index (χ3n) is 2.72. The SMILES string of the molecule is CC(C)(Oc1ccc(Cl)cc1)C(O)c1cnccn1. The van der Waals surface area contributed by atoms with E-state index in [4.69, 9.17) is 16.3 Å². The van der Waals surface area contributed by atoms with E-state index in [0.717, 1.165) is 0 Å². The van der Waals surface area contributed by atoms with Crippen LogP contribution < -0.4 is 4.74 Å². The topological polar surface area (TPSA) is 55.2 Å². The van der Waals surface area contributed by atoms with E-state index >= 15 is 0 Å². The number of halogens is 1. The van der Waals surface area contributed by atoms with Crippen LogP contribution in [0.2, 0.25) is 5.02 Å². The standard InChI is InChI=1S/C14H15ClN2O2/c1-14(2,13(18)12-9-16-7-8-17-12)19-11-5-3-10(15)4-6-11/h3-9,13,18H,1-2H3. The van der Waals surface area contributed by atoms with Gasteiger partial charge in [-0.1, -0.05) is 11.6 Å². The maximum absolute atomic E-state index is 10.3. The van der Waals surface area contributed by atoms with Crippen molar-refractivity contribution < 1.29 is 9.84 Å². The van der Waals surface area contributed by atoms with Gasteiger partial charge >= 0.3 is 0 Å². The molecule has 2 aromatic rings. The molecular formula is C14H15ClN2O2. The Morgan fingerprint density at radius 3 is 2.47 bits per heavy atom. The summed E-state index contributed by atoms with van der Waals surface area (Å²) in [5.41, 5.74) is -0.356. The Bertz CT molecular complexity index is 529. The van der Waals surface area contributed by atoms with Crippen molar-refractivity contribution in [3.05, 3.63) is 53.6 Å². The molecule has 0 saturated carbocycles. The molecule has 0 amide bonds. The van der Waals surface area contributed by atoms with E-state index in [1.54, 1.807) is 44.3 Å². The van der Waals surface area contributed by atoms with Gasteiger partial charge < -0.3 is 9.84 Å². The fraction of sp³-hybridized carbons (Fsp3) is 0.286. The van der Waals surface area contributed by atoms with E-state index in [0.29, 0.717) is 16.5 Å². The normalized spacial score (nSPS) is 13.1. The first-order chi connectivity index (χ1) is 8.99. The summed E-state index contributed by atoms with van der Waals surface area (Å²) in [6.07, 6.45) is 3.74. The lowest BCUT2D eigenvalue weighted by molar-refractivity contribution is -0.0325. The number of rotatable bonds is 4. The molecule has 100 valence electrons. The minimum atomic E-state index is -0.878. The number of hydrogen-bond donors (Lipinski definition) is 1. The van der Waals surface area contributed by atoms with Gasteiger partial charge in [0, 0.05) is 17.4 Å². The van der Waals surface area contributed by atoms with Crippen molar-refractivity contribution >= 4 is 11.6 Å². The van der Waals surface area contributed by atoms with Gasteiger partial charge in [-0.2, -0.15) is 0 Å². The third kappa shape index (κ3) is 3.43. The number of aliphatic hydroxyl groups is 1.